The predicted molar refractivity (Wildman–Crippen MR) is 114 cm³/mol. The van der Waals surface area contributed by atoms with Gasteiger partial charge in [0, 0.05) is 18.7 Å². The van der Waals surface area contributed by atoms with E-state index in [4.69, 9.17) is 9.47 Å². The highest BCUT2D eigenvalue weighted by Gasteiger charge is 2.37. The second kappa shape index (κ2) is 9.08. The average molecular weight is 435 g/mol. The summed E-state index contributed by atoms with van der Waals surface area (Å²) in [6, 6.07) is 7.49. The van der Waals surface area contributed by atoms with Crippen LogP contribution in [-0.4, -0.2) is 63.4 Å². The van der Waals surface area contributed by atoms with Crippen molar-refractivity contribution in [3.8, 4) is 5.75 Å². The Bertz CT molecular complexity index is 901. The van der Waals surface area contributed by atoms with Crippen molar-refractivity contribution < 1.29 is 22.7 Å². The van der Waals surface area contributed by atoms with Gasteiger partial charge in [0.2, 0.25) is 15.9 Å². The predicted octanol–water partition coefficient (Wildman–Crippen LogP) is 2.20. The van der Waals surface area contributed by atoms with E-state index >= 15 is 0 Å². The van der Waals surface area contributed by atoms with Crippen LogP contribution in [0.25, 0.3) is 0 Å². The highest BCUT2D eigenvalue weighted by atomic mass is 32.2. The molecule has 4 rings (SSSR count). The van der Waals surface area contributed by atoms with Crippen LogP contribution in [0.15, 0.2) is 36.4 Å². The van der Waals surface area contributed by atoms with E-state index in [0.29, 0.717) is 32.1 Å². The largest absolute Gasteiger partial charge is 0.490 e. The number of benzene rings is 1. The maximum Gasteiger partial charge on any atom is 0.246 e. The lowest BCUT2D eigenvalue weighted by atomic mass is 9.97. The summed E-state index contributed by atoms with van der Waals surface area (Å²) in [7, 11) is -3.38. The van der Waals surface area contributed by atoms with Gasteiger partial charge in [-0.3, -0.25) is 4.79 Å². The molecule has 1 aromatic carbocycles. The summed E-state index contributed by atoms with van der Waals surface area (Å²) in [5.41, 5.74) is 1.25. The molecule has 1 amide bonds. The van der Waals surface area contributed by atoms with Crippen LogP contribution in [0.4, 0.5) is 0 Å². The molecule has 1 aromatic rings. The Morgan fingerprint density at radius 1 is 1.20 bits per heavy atom. The van der Waals surface area contributed by atoms with Crippen molar-refractivity contribution in [1.82, 2.24) is 9.62 Å². The smallest absolute Gasteiger partial charge is 0.246 e. The van der Waals surface area contributed by atoms with E-state index < -0.39 is 10.0 Å². The summed E-state index contributed by atoms with van der Waals surface area (Å²) < 4.78 is 38.6. The summed E-state index contributed by atoms with van der Waals surface area (Å²) in [6.07, 6.45) is 8.87. The number of sulfonamides is 1. The lowest BCUT2D eigenvalue weighted by molar-refractivity contribution is -0.132. The number of piperidine rings is 1. The summed E-state index contributed by atoms with van der Waals surface area (Å²) in [5.74, 6) is 1.09. The molecule has 3 aliphatic rings. The van der Waals surface area contributed by atoms with Crippen LogP contribution in [0, 0.1) is 0 Å². The van der Waals surface area contributed by atoms with Crippen molar-refractivity contribution >= 4 is 15.9 Å². The third-order valence-corrected chi connectivity index (χ3v) is 6.98. The zero-order chi connectivity index (χ0) is 21.1. The van der Waals surface area contributed by atoms with Gasteiger partial charge in [0.05, 0.1) is 25.0 Å². The van der Waals surface area contributed by atoms with E-state index in [9.17, 15) is 13.2 Å². The fourth-order valence-corrected chi connectivity index (χ4v) is 5.65. The molecule has 2 fully saturated rings. The Morgan fingerprint density at radius 3 is 2.90 bits per heavy atom. The molecule has 0 radical (unpaired) electrons. The summed E-state index contributed by atoms with van der Waals surface area (Å²) in [4.78, 5) is 14.6. The van der Waals surface area contributed by atoms with Crippen molar-refractivity contribution in [2.45, 2.75) is 56.2 Å². The quantitative estimate of drug-likeness (QED) is 0.771. The molecule has 1 N–H and O–H groups in total. The van der Waals surface area contributed by atoms with Crippen LogP contribution in [0.3, 0.4) is 0 Å². The Kier molecular flexibility index (Phi) is 6.46. The summed E-state index contributed by atoms with van der Waals surface area (Å²) in [5, 5.41) is 0. The number of ether oxygens (including phenoxy) is 2. The minimum Gasteiger partial charge on any atom is -0.490 e. The third-order valence-electron chi connectivity index (χ3n) is 6.25. The number of nitrogens with one attached hydrogen (secondary N) is 1. The van der Waals surface area contributed by atoms with Crippen LogP contribution in [-0.2, 0) is 19.6 Å². The molecule has 2 heterocycles. The molecule has 0 spiro atoms. The molecular weight excluding hydrogens is 404 g/mol. The van der Waals surface area contributed by atoms with E-state index in [0.717, 1.165) is 37.7 Å². The van der Waals surface area contributed by atoms with E-state index in [1.165, 1.54) is 11.6 Å². The fourth-order valence-electron chi connectivity index (χ4n) is 4.83. The lowest BCUT2D eigenvalue weighted by Gasteiger charge is -2.41. The molecule has 7 nitrogen and oxygen atoms in total. The maximum absolute atomic E-state index is 12.9. The molecule has 1 aliphatic carbocycles. The average Bonchev–Trinajstić information content (AvgIpc) is 3.17. The summed E-state index contributed by atoms with van der Waals surface area (Å²) in [6.45, 7) is 1.23. The van der Waals surface area contributed by atoms with Crippen LogP contribution < -0.4 is 9.46 Å². The molecule has 4 unspecified atom stereocenters. The topological polar surface area (TPSA) is 84.9 Å². The normalized spacial score (nSPS) is 31.2. The molecule has 4 atom stereocenters. The van der Waals surface area contributed by atoms with Crippen LogP contribution in [0.5, 0.6) is 5.75 Å². The first kappa shape index (κ1) is 21.3. The van der Waals surface area contributed by atoms with Gasteiger partial charge >= 0.3 is 0 Å². The van der Waals surface area contributed by atoms with Gasteiger partial charge in [-0.2, -0.15) is 0 Å². The number of carbonyl (C=O) groups excluding carboxylic acids is 1. The minimum absolute atomic E-state index is 0.109. The Balaban J connectivity index is 1.58. The number of fused-ring (bicyclic) bond motifs is 6. The first-order valence-corrected chi connectivity index (χ1v) is 12.6. The van der Waals surface area contributed by atoms with Crippen LogP contribution in [0.1, 0.15) is 43.6 Å². The van der Waals surface area contributed by atoms with Crippen LogP contribution in [0.2, 0.25) is 0 Å². The molecule has 2 aliphatic heterocycles. The van der Waals surface area contributed by atoms with Gasteiger partial charge in [-0.05, 0) is 61.8 Å². The molecule has 164 valence electrons. The number of nitrogens with zero attached hydrogens (tertiary/aromatic N) is 1. The fraction of sp³-hybridized carbons (Fsp3) is 0.591. The number of carbonyl (C=O) groups is 1. The van der Waals surface area contributed by atoms with Crippen molar-refractivity contribution in [2.24, 2.45) is 0 Å². The molecular formula is C22H30N2O5S. The lowest BCUT2D eigenvalue weighted by Crippen LogP contribution is -2.58. The zero-order valence-electron chi connectivity index (χ0n) is 17.3. The Hall–Kier alpha value is -1.90. The van der Waals surface area contributed by atoms with E-state index in [2.05, 4.69) is 16.9 Å². The van der Waals surface area contributed by atoms with Gasteiger partial charge in [0.1, 0.15) is 12.4 Å². The van der Waals surface area contributed by atoms with E-state index in [1.807, 2.05) is 12.1 Å². The van der Waals surface area contributed by atoms with Crippen molar-refractivity contribution in [2.75, 3.05) is 26.0 Å². The second-order valence-corrected chi connectivity index (χ2v) is 10.3. The van der Waals surface area contributed by atoms with Crippen molar-refractivity contribution in [3.63, 3.8) is 0 Å². The second-order valence-electron chi connectivity index (χ2n) is 8.49. The van der Waals surface area contributed by atoms with Crippen LogP contribution >= 0.6 is 0 Å². The first-order chi connectivity index (χ1) is 14.4. The number of hydrogen-bond donors (Lipinski definition) is 1. The Labute approximate surface area is 178 Å². The standard InChI is InChI=1S/C22H30N2O5S/c1-30(26,27)23-20-7-3-11-24-21(20)15-29-19-10-9-17(14-19)16-5-2-6-18(13-16)28-12-4-8-22(24)25/h2,4-6,8,13,17,19-21,23H,3,7,9-12,14-15H2,1H3/b8-4+. The van der Waals surface area contributed by atoms with E-state index in [-0.39, 0.29) is 24.1 Å². The highest BCUT2D eigenvalue weighted by molar-refractivity contribution is 7.88. The van der Waals surface area contributed by atoms with Gasteiger partial charge in [-0.1, -0.05) is 12.1 Å². The monoisotopic (exact) mass is 434 g/mol. The SMILES string of the molecule is CS(=O)(=O)NC1CCCN2C(=O)/C=C/COc3cccc(c3)C3CCC(C3)OCC12. The number of rotatable bonds is 2. The number of amides is 1. The first-order valence-electron chi connectivity index (χ1n) is 10.7. The van der Waals surface area contributed by atoms with Gasteiger partial charge in [-0.25, -0.2) is 13.1 Å². The van der Waals surface area contributed by atoms with Crippen molar-refractivity contribution in [3.05, 3.63) is 42.0 Å². The molecule has 1 saturated carbocycles. The molecule has 4 bridgehead atoms. The van der Waals surface area contributed by atoms with E-state index in [1.54, 1.807) is 11.0 Å². The van der Waals surface area contributed by atoms with Gasteiger partial charge < -0.3 is 14.4 Å². The molecule has 0 aromatic heterocycles. The van der Waals surface area contributed by atoms with Gasteiger partial charge in [0.15, 0.2) is 0 Å². The highest BCUT2D eigenvalue weighted by Crippen LogP contribution is 2.37. The molecule has 8 heteroatoms. The Morgan fingerprint density at radius 2 is 2.07 bits per heavy atom. The van der Waals surface area contributed by atoms with Gasteiger partial charge in [0.25, 0.3) is 0 Å². The minimum atomic E-state index is -3.38. The van der Waals surface area contributed by atoms with Gasteiger partial charge in [-0.15, -0.1) is 0 Å². The van der Waals surface area contributed by atoms with Crippen molar-refractivity contribution in [1.29, 1.82) is 0 Å². The molecule has 30 heavy (non-hydrogen) atoms. The maximum atomic E-state index is 12.9. The zero-order valence-corrected chi connectivity index (χ0v) is 18.1. The third kappa shape index (κ3) is 5.22. The molecule has 1 saturated heterocycles. The number of hydrogen-bond acceptors (Lipinski definition) is 5. The summed E-state index contributed by atoms with van der Waals surface area (Å²) >= 11 is 0.